The van der Waals surface area contributed by atoms with E-state index in [9.17, 15) is 4.79 Å². The van der Waals surface area contributed by atoms with Crippen LogP contribution < -0.4 is 11.1 Å². The molecule has 1 aliphatic carbocycles. The van der Waals surface area contributed by atoms with Crippen LogP contribution in [0.4, 0.5) is 4.79 Å². The van der Waals surface area contributed by atoms with Gasteiger partial charge in [-0.05, 0) is 35.2 Å². The number of amides is 1. The number of carbonyl (C=O) groups is 1. The molecule has 0 fully saturated rings. The number of carbonyl (C=O) groups excluding carboxylic acids is 1. The average molecular weight is 340 g/mol. The van der Waals surface area contributed by atoms with Crippen molar-refractivity contribution in [3.63, 3.8) is 0 Å². The first-order valence-electron chi connectivity index (χ1n) is 8.68. The van der Waals surface area contributed by atoms with Gasteiger partial charge in [0.25, 0.3) is 0 Å². The smallest absolute Gasteiger partial charge is 0.407 e. The summed E-state index contributed by atoms with van der Waals surface area (Å²) >= 11 is 0. The number of hydrogen-bond donors (Lipinski definition) is 2. The van der Waals surface area contributed by atoms with Crippen LogP contribution in [0.3, 0.4) is 0 Å². The third-order valence-corrected chi connectivity index (χ3v) is 4.35. The summed E-state index contributed by atoms with van der Waals surface area (Å²) in [5.74, 6) is 0.0824. The van der Waals surface area contributed by atoms with Gasteiger partial charge in [-0.2, -0.15) is 0 Å². The van der Waals surface area contributed by atoms with Crippen LogP contribution in [0.2, 0.25) is 0 Å². The van der Waals surface area contributed by atoms with E-state index in [1.807, 2.05) is 24.3 Å². The van der Waals surface area contributed by atoms with E-state index >= 15 is 0 Å². The summed E-state index contributed by atoms with van der Waals surface area (Å²) in [6.07, 6.45) is 0.412. The molecule has 0 spiro atoms. The molecule has 0 heterocycles. The van der Waals surface area contributed by atoms with Gasteiger partial charge in [-0.1, -0.05) is 48.5 Å². The summed E-state index contributed by atoms with van der Waals surface area (Å²) in [7, 11) is 0. The lowest BCUT2D eigenvalue weighted by molar-refractivity contribution is 0.120. The molecule has 1 aliphatic rings. The Labute approximate surface area is 148 Å². The highest BCUT2D eigenvalue weighted by Gasteiger charge is 2.28. The first kappa shape index (κ1) is 17.5. The summed E-state index contributed by atoms with van der Waals surface area (Å²) < 4.78 is 10.8. The van der Waals surface area contributed by atoms with E-state index in [2.05, 4.69) is 29.6 Å². The van der Waals surface area contributed by atoms with Gasteiger partial charge in [-0.3, -0.25) is 0 Å². The number of benzene rings is 2. The average Bonchev–Trinajstić information content (AvgIpc) is 2.97. The van der Waals surface area contributed by atoms with Gasteiger partial charge in [0.2, 0.25) is 0 Å². The van der Waals surface area contributed by atoms with Crippen molar-refractivity contribution >= 4 is 6.09 Å². The lowest BCUT2D eigenvalue weighted by atomic mass is 9.98. The highest BCUT2D eigenvalue weighted by molar-refractivity contribution is 5.79. The standard InChI is InChI=1S/C20H24N2O3/c21-10-5-12-24-13-11-22-20(23)25-14-19-17-8-3-1-6-15(17)16-7-2-4-9-18(16)19/h1-4,6-9,19H,5,10-14,21H2,(H,22,23). The second kappa shape index (κ2) is 8.65. The number of alkyl carbamates (subject to hydrolysis) is 1. The Balaban J connectivity index is 1.52. The molecule has 0 saturated heterocycles. The molecule has 2 aromatic rings. The minimum Gasteiger partial charge on any atom is -0.449 e. The van der Waals surface area contributed by atoms with E-state index in [-0.39, 0.29) is 5.92 Å². The molecule has 0 unspecified atom stereocenters. The lowest BCUT2D eigenvalue weighted by Gasteiger charge is -2.14. The van der Waals surface area contributed by atoms with E-state index in [4.69, 9.17) is 15.2 Å². The monoisotopic (exact) mass is 340 g/mol. The number of ether oxygens (including phenoxy) is 2. The van der Waals surface area contributed by atoms with Crippen LogP contribution in [-0.2, 0) is 9.47 Å². The Morgan fingerprint density at radius 3 is 2.28 bits per heavy atom. The van der Waals surface area contributed by atoms with Crippen LogP contribution in [0.1, 0.15) is 23.5 Å². The summed E-state index contributed by atoms with van der Waals surface area (Å²) in [5, 5.41) is 2.71. The van der Waals surface area contributed by atoms with E-state index in [1.165, 1.54) is 22.3 Å². The summed E-state index contributed by atoms with van der Waals surface area (Å²) in [6.45, 7) is 2.45. The molecule has 3 N–H and O–H groups in total. The van der Waals surface area contributed by atoms with Crippen LogP contribution in [0.5, 0.6) is 0 Å². The number of rotatable bonds is 8. The molecule has 0 aromatic heterocycles. The SMILES string of the molecule is NCCCOCCNC(=O)OCC1c2ccccc2-c2ccccc21. The summed E-state index contributed by atoms with van der Waals surface area (Å²) in [6, 6.07) is 16.6. The fourth-order valence-electron chi connectivity index (χ4n) is 3.16. The fraction of sp³-hybridized carbons (Fsp3) is 0.350. The van der Waals surface area contributed by atoms with E-state index < -0.39 is 6.09 Å². The number of hydrogen-bond acceptors (Lipinski definition) is 4. The van der Waals surface area contributed by atoms with E-state index in [0.29, 0.717) is 32.9 Å². The van der Waals surface area contributed by atoms with Crippen molar-refractivity contribution in [2.45, 2.75) is 12.3 Å². The molecule has 132 valence electrons. The van der Waals surface area contributed by atoms with Crippen molar-refractivity contribution in [2.75, 3.05) is 32.9 Å². The van der Waals surface area contributed by atoms with Crippen molar-refractivity contribution in [1.29, 1.82) is 0 Å². The minimum absolute atomic E-state index is 0.0824. The first-order valence-corrected chi connectivity index (χ1v) is 8.68. The second-order valence-electron chi connectivity index (χ2n) is 6.01. The zero-order chi connectivity index (χ0) is 17.5. The maximum absolute atomic E-state index is 11.9. The first-order chi connectivity index (χ1) is 12.3. The number of nitrogens with two attached hydrogens (primary N) is 1. The van der Waals surface area contributed by atoms with Crippen molar-refractivity contribution in [3.8, 4) is 11.1 Å². The minimum atomic E-state index is -0.413. The largest absolute Gasteiger partial charge is 0.449 e. The van der Waals surface area contributed by atoms with E-state index in [1.54, 1.807) is 0 Å². The fourth-order valence-corrected chi connectivity index (χ4v) is 3.16. The van der Waals surface area contributed by atoms with Gasteiger partial charge in [0.1, 0.15) is 6.61 Å². The Morgan fingerprint density at radius 2 is 1.64 bits per heavy atom. The molecule has 2 aromatic carbocycles. The molecule has 25 heavy (non-hydrogen) atoms. The Kier molecular flexibility index (Phi) is 6.04. The van der Waals surface area contributed by atoms with Crippen molar-refractivity contribution in [2.24, 2.45) is 5.73 Å². The highest BCUT2D eigenvalue weighted by atomic mass is 16.5. The number of fused-ring (bicyclic) bond motifs is 3. The van der Waals surface area contributed by atoms with Crippen LogP contribution in [0.25, 0.3) is 11.1 Å². The predicted molar refractivity (Wildman–Crippen MR) is 97.6 cm³/mol. The summed E-state index contributed by atoms with van der Waals surface area (Å²) in [4.78, 5) is 11.9. The van der Waals surface area contributed by atoms with Gasteiger partial charge in [0.15, 0.2) is 0 Å². The zero-order valence-electron chi connectivity index (χ0n) is 14.2. The number of nitrogens with one attached hydrogen (secondary N) is 1. The molecule has 1 amide bonds. The van der Waals surface area contributed by atoms with Crippen molar-refractivity contribution in [1.82, 2.24) is 5.32 Å². The maximum atomic E-state index is 11.9. The molecule has 0 aliphatic heterocycles. The van der Waals surface area contributed by atoms with Crippen LogP contribution >= 0.6 is 0 Å². The van der Waals surface area contributed by atoms with Gasteiger partial charge < -0.3 is 20.5 Å². The molecule has 0 atom stereocenters. The highest BCUT2D eigenvalue weighted by Crippen LogP contribution is 2.44. The van der Waals surface area contributed by atoms with Gasteiger partial charge in [0, 0.05) is 19.1 Å². The van der Waals surface area contributed by atoms with Crippen LogP contribution in [-0.4, -0.2) is 39.0 Å². The molecule has 0 saturated carbocycles. The van der Waals surface area contributed by atoms with Gasteiger partial charge in [-0.15, -0.1) is 0 Å². The molecule has 5 heteroatoms. The second-order valence-corrected chi connectivity index (χ2v) is 6.01. The van der Waals surface area contributed by atoms with Crippen molar-refractivity contribution in [3.05, 3.63) is 59.7 Å². The van der Waals surface area contributed by atoms with Gasteiger partial charge in [0.05, 0.1) is 6.61 Å². The molecule has 0 bridgehead atoms. The molecular weight excluding hydrogens is 316 g/mol. The maximum Gasteiger partial charge on any atom is 0.407 e. The third-order valence-electron chi connectivity index (χ3n) is 4.35. The molecule has 5 nitrogen and oxygen atoms in total. The van der Waals surface area contributed by atoms with E-state index in [0.717, 1.165) is 6.42 Å². The van der Waals surface area contributed by atoms with Crippen molar-refractivity contribution < 1.29 is 14.3 Å². The Morgan fingerprint density at radius 1 is 1.00 bits per heavy atom. The molecule has 0 radical (unpaired) electrons. The van der Waals surface area contributed by atoms with Gasteiger partial charge >= 0.3 is 6.09 Å². The van der Waals surface area contributed by atoms with Crippen LogP contribution in [0, 0.1) is 0 Å². The lowest BCUT2D eigenvalue weighted by Crippen LogP contribution is -2.29. The van der Waals surface area contributed by atoms with Crippen LogP contribution in [0.15, 0.2) is 48.5 Å². The Hall–Kier alpha value is -2.37. The quantitative estimate of drug-likeness (QED) is 0.725. The van der Waals surface area contributed by atoms with Gasteiger partial charge in [-0.25, -0.2) is 4.79 Å². The molecule has 3 rings (SSSR count). The Bertz CT molecular complexity index is 672. The summed E-state index contributed by atoms with van der Waals surface area (Å²) in [5.41, 5.74) is 10.3. The third kappa shape index (κ3) is 4.18. The molecular formula is C20H24N2O3. The predicted octanol–water partition coefficient (Wildman–Crippen LogP) is 2.89. The topological polar surface area (TPSA) is 73.6 Å². The zero-order valence-corrected chi connectivity index (χ0v) is 14.2. The normalized spacial score (nSPS) is 12.5.